The maximum Gasteiger partial charge on any atom is 0.0229 e. The first kappa shape index (κ1) is 12.3. The van der Waals surface area contributed by atoms with Gasteiger partial charge in [0.25, 0.3) is 0 Å². The lowest BCUT2D eigenvalue weighted by molar-refractivity contribution is 0.176. The Morgan fingerprint density at radius 1 is 1.57 bits per heavy atom. The fraction of sp³-hybridized carbons (Fsp3) is 1.00. The van der Waals surface area contributed by atoms with Crippen LogP contribution in [0.5, 0.6) is 0 Å². The predicted octanol–water partition coefficient (Wildman–Crippen LogP) is 1.94. The van der Waals surface area contributed by atoms with Crippen molar-refractivity contribution >= 4 is 11.8 Å². The van der Waals surface area contributed by atoms with Crippen LogP contribution < -0.4 is 5.73 Å². The summed E-state index contributed by atoms with van der Waals surface area (Å²) in [5.74, 6) is 1.24. The van der Waals surface area contributed by atoms with Gasteiger partial charge in [-0.2, -0.15) is 11.8 Å². The summed E-state index contributed by atoms with van der Waals surface area (Å²) < 4.78 is 0. The van der Waals surface area contributed by atoms with Crippen molar-refractivity contribution in [3.63, 3.8) is 0 Å². The molecular weight excluding hydrogens is 192 g/mol. The summed E-state index contributed by atoms with van der Waals surface area (Å²) in [6.07, 6.45) is 7.47. The molecule has 0 radical (unpaired) electrons. The van der Waals surface area contributed by atoms with E-state index in [0.717, 1.165) is 12.6 Å². The third-order valence-corrected chi connectivity index (χ3v) is 3.93. The smallest absolute Gasteiger partial charge is 0.0229 e. The molecule has 14 heavy (non-hydrogen) atoms. The topological polar surface area (TPSA) is 29.3 Å². The van der Waals surface area contributed by atoms with Crippen LogP contribution in [-0.2, 0) is 0 Å². The van der Waals surface area contributed by atoms with Gasteiger partial charge in [-0.1, -0.05) is 6.92 Å². The van der Waals surface area contributed by atoms with Gasteiger partial charge in [-0.3, -0.25) is 4.90 Å². The molecule has 1 rings (SSSR count). The average molecular weight is 216 g/mol. The first-order valence-corrected chi connectivity index (χ1v) is 7.17. The summed E-state index contributed by atoms with van der Waals surface area (Å²) in [7, 11) is 0. The molecule has 2 unspecified atom stereocenters. The van der Waals surface area contributed by atoms with Crippen LogP contribution in [0.2, 0.25) is 0 Å². The molecule has 2 N–H and O–H groups in total. The van der Waals surface area contributed by atoms with Gasteiger partial charge in [0.1, 0.15) is 0 Å². The number of likely N-dealkylation sites (tertiary alicyclic amines) is 1. The number of thioether (sulfide) groups is 1. The van der Waals surface area contributed by atoms with Crippen LogP contribution in [0, 0.1) is 0 Å². The van der Waals surface area contributed by atoms with Gasteiger partial charge in [-0.25, -0.2) is 0 Å². The van der Waals surface area contributed by atoms with Crippen molar-refractivity contribution in [2.45, 2.75) is 44.7 Å². The summed E-state index contributed by atoms with van der Waals surface area (Å²) in [6, 6.07) is 1.44. The van der Waals surface area contributed by atoms with E-state index in [9.17, 15) is 0 Å². The molecule has 1 aliphatic heterocycles. The van der Waals surface area contributed by atoms with E-state index >= 15 is 0 Å². The molecule has 0 bridgehead atoms. The fourth-order valence-corrected chi connectivity index (χ4v) is 2.96. The summed E-state index contributed by atoms with van der Waals surface area (Å²) in [4.78, 5) is 2.65. The van der Waals surface area contributed by atoms with E-state index in [1.54, 1.807) is 0 Å². The summed E-state index contributed by atoms with van der Waals surface area (Å²) >= 11 is 1.93. The van der Waals surface area contributed by atoms with E-state index in [-0.39, 0.29) is 0 Å². The van der Waals surface area contributed by atoms with Gasteiger partial charge in [-0.05, 0) is 44.2 Å². The van der Waals surface area contributed by atoms with Gasteiger partial charge in [0, 0.05) is 18.6 Å². The van der Waals surface area contributed by atoms with E-state index in [1.165, 1.54) is 38.0 Å². The van der Waals surface area contributed by atoms with E-state index in [2.05, 4.69) is 18.1 Å². The standard InChI is InChI=1S/C11H24N2S/c1-3-10-5-4-7-13(10)11(9-12)6-8-14-2/h10-11H,3-9,12H2,1-2H3. The van der Waals surface area contributed by atoms with Crippen LogP contribution in [0.3, 0.4) is 0 Å². The van der Waals surface area contributed by atoms with Crippen molar-refractivity contribution in [3.05, 3.63) is 0 Å². The average Bonchev–Trinajstić information content (AvgIpc) is 2.67. The molecule has 0 aromatic carbocycles. The minimum absolute atomic E-state index is 0.634. The predicted molar refractivity (Wildman–Crippen MR) is 65.9 cm³/mol. The molecule has 1 heterocycles. The lowest BCUT2D eigenvalue weighted by Crippen LogP contribution is -2.43. The largest absolute Gasteiger partial charge is 0.329 e. The SMILES string of the molecule is CCC1CCCN1C(CN)CCSC. The van der Waals surface area contributed by atoms with Crippen LogP contribution in [0.1, 0.15) is 32.6 Å². The summed E-state index contributed by atoms with van der Waals surface area (Å²) in [6.45, 7) is 4.40. The molecule has 84 valence electrons. The van der Waals surface area contributed by atoms with E-state index < -0.39 is 0 Å². The number of nitrogens with two attached hydrogens (primary N) is 1. The zero-order chi connectivity index (χ0) is 10.4. The van der Waals surface area contributed by atoms with Crippen LogP contribution in [0.4, 0.5) is 0 Å². The number of hydrogen-bond donors (Lipinski definition) is 1. The maximum absolute atomic E-state index is 5.86. The first-order valence-electron chi connectivity index (χ1n) is 5.78. The van der Waals surface area contributed by atoms with Crippen LogP contribution >= 0.6 is 11.8 Å². The zero-order valence-corrected chi connectivity index (χ0v) is 10.4. The Balaban J connectivity index is 2.41. The minimum Gasteiger partial charge on any atom is -0.329 e. The second kappa shape index (κ2) is 6.70. The highest BCUT2D eigenvalue weighted by Crippen LogP contribution is 2.23. The van der Waals surface area contributed by atoms with Crippen LogP contribution in [0.15, 0.2) is 0 Å². The maximum atomic E-state index is 5.86. The summed E-state index contributed by atoms with van der Waals surface area (Å²) in [5, 5.41) is 0. The molecule has 1 saturated heterocycles. The van der Waals surface area contributed by atoms with Gasteiger partial charge < -0.3 is 5.73 Å². The molecule has 0 aromatic rings. The highest BCUT2D eigenvalue weighted by Gasteiger charge is 2.28. The van der Waals surface area contributed by atoms with Crippen LogP contribution in [0.25, 0.3) is 0 Å². The highest BCUT2D eigenvalue weighted by atomic mass is 32.2. The van der Waals surface area contributed by atoms with E-state index in [0.29, 0.717) is 6.04 Å². The van der Waals surface area contributed by atoms with E-state index in [1.807, 2.05) is 11.8 Å². The molecular formula is C11H24N2S. The molecule has 1 aliphatic rings. The zero-order valence-electron chi connectivity index (χ0n) is 9.54. The van der Waals surface area contributed by atoms with E-state index in [4.69, 9.17) is 5.73 Å². The highest BCUT2D eigenvalue weighted by molar-refractivity contribution is 7.98. The van der Waals surface area contributed by atoms with Crippen molar-refractivity contribution in [1.29, 1.82) is 0 Å². The Hall–Kier alpha value is 0.270. The Bertz CT molecular complexity index is 152. The quantitative estimate of drug-likeness (QED) is 0.736. The first-order chi connectivity index (χ1) is 6.83. The Kier molecular flexibility index (Phi) is 5.90. The molecule has 3 heteroatoms. The third kappa shape index (κ3) is 3.14. The third-order valence-electron chi connectivity index (χ3n) is 3.29. The van der Waals surface area contributed by atoms with Crippen molar-refractivity contribution < 1.29 is 0 Å². The lowest BCUT2D eigenvalue weighted by atomic mass is 10.1. The van der Waals surface area contributed by atoms with Gasteiger partial charge in [0.05, 0.1) is 0 Å². The number of rotatable bonds is 6. The molecule has 0 amide bonds. The van der Waals surface area contributed by atoms with Gasteiger partial charge in [0.2, 0.25) is 0 Å². The molecule has 0 spiro atoms. The van der Waals surface area contributed by atoms with Gasteiger partial charge >= 0.3 is 0 Å². The van der Waals surface area contributed by atoms with Crippen LogP contribution in [-0.4, -0.2) is 42.1 Å². The molecule has 0 aliphatic carbocycles. The normalized spacial score (nSPS) is 25.5. The van der Waals surface area contributed by atoms with Crippen molar-refractivity contribution in [2.75, 3.05) is 25.1 Å². The molecule has 2 nitrogen and oxygen atoms in total. The summed E-state index contributed by atoms with van der Waals surface area (Å²) in [5.41, 5.74) is 5.86. The second-order valence-electron chi connectivity index (χ2n) is 4.11. The van der Waals surface area contributed by atoms with Crippen molar-refractivity contribution in [1.82, 2.24) is 4.90 Å². The lowest BCUT2D eigenvalue weighted by Gasteiger charge is -2.31. The second-order valence-corrected chi connectivity index (χ2v) is 5.10. The molecule has 0 aromatic heterocycles. The molecule has 1 fully saturated rings. The van der Waals surface area contributed by atoms with Crippen molar-refractivity contribution in [2.24, 2.45) is 5.73 Å². The molecule has 0 saturated carbocycles. The number of hydrogen-bond acceptors (Lipinski definition) is 3. The Labute approximate surface area is 92.6 Å². The monoisotopic (exact) mass is 216 g/mol. The Morgan fingerprint density at radius 2 is 2.36 bits per heavy atom. The minimum atomic E-state index is 0.634. The fourth-order valence-electron chi connectivity index (χ4n) is 2.45. The number of nitrogens with zero attached hydrogens (tertiary/aromatic N) is 1. The van der Waals surface area contributed by atoms with Gasteiger partial charge in [0.15, 0.2) is 0 Å². The van der Waals surface area contributed by atoms with Gasteiger partial charge in [-0.15, -0.1) is 0 Å². The Morgan fingerprint density at radius 3 is 2.93 bits per heavy atom. The van der Waals surface area contributed by atoms with Crippen molar-refractivity contribution in [3.8, 4) is 0 Å². The molecule has 2 atom stereocenters.